The number of methoxy groups -OCH3 is 1. The van der Waals surface area contributed by atoms with E-state index < -0.39 is 6.10 Å². The van der Waals surface area contributed by atoms with Crippen molar-refractivity contribution in [3.8, 4) is 5.75 Å². The van der Waals surface area contributed by atoms with Crippen LogP contribution in [0.2, 0.25) is 0 Å². The Kier molecular flexibility index (Phi) is 4.73. The van der Waals surface area contributed by atoms with Crippen LogP contribution in [-0.4, -0.2) is 55.7 Å². The molecule has 1 N–H and O–H groups in total. The van der Waals surface area contributed by atoms with Crippen molar-refractivity contribution in [1.29, 1.82) is 0 Å². The van der Waals surface area contributed by atoms with Crippen LogP contribution in [0.3, 0.4) is 0 Å². The standard InChI is InChI=1S/C17H21N3O3/c1-20(17(21)15-10-18-8-9-23-15)11-12-5-6-14(22-2)16-13(12)4-3-7-19-16/h3-7,15,18H,8-11H2,1-2H3. The zero-order valence-electron chi connectivity index (χ0n) is 13.4. The molecular weight excluding hydrogens is 294 g/mol. The minimum atomic E-state index is -0.406. The number of ether oxygens (including phenoxy) is 2. The molecule has 1 aromatic heterocycles. The number of morpholine rings is 1. The summed E-state index contributed by atoms with van der Waals surface area (Å²) in [7, 11) is 3.43. The Bertz CT molecular complexity index is 699. The van der Waals surface area contributed by atoms with E-state index >= 15 is 0 Å². The summed E-state index contributed by atoms with van der Waals surface area (Å²) in [6.45, 7) is 2.43. The largest absolute Gasteiger partial charge is 0.494 e. The van der Waals surface area contributed by atoms with Crippen LogP contribution in [0.4, 0.5) is 0 Å². The van der Waals surface area contributed by atoms with Gasteiger partial charge >= 0.3 is 0 Å². The molecule has 1 aliphatic rings. The van der Waals surface area contributed by atoms with Crippen molar-refractivity contribution in [3.63, 3.8) is 0 Å². The van der Waals surface area contributed by atoms with Gasteiger partial charge in [-0.25, -0.2) is 0 Å². The SMILES string of the molecule is COc1ccc(CN(C)C(=O)C2CNCCO2)c2cccnc12. The molecular formula is C17H21N3O3. The summed E-state index contributed by atoms with van der Waals surface area (Å²) < 4.78 is 10.9. The van der Waals surface area contributed by atoms with Crippen LogP contribution in [0.15, 0.2) is 30.5 Å². The topological polar surface area (TPSA) is 63.7 Å². The molecule has 3 rings (SSSR count). The lowest BCUT2D eigenvalue weighted by molar-refractivity contribution is -0.144. The highest BCUT2D eigenvalue weighted by molar-refractivity contribution is 5.88. The van der Waals surface area contributed by atoms with Crippen molar-refractivity contribution in [3.05, 3.63) is 36.0 Å². The second-order valence-corrected chi connectivity index (χ2v) is 5.58. The zero-order chi connectivity index (χ0) is 16.2. The molecule has 23 heavy (non-hydrogen) atoms. The fraction of sp³-hybridized carbons (Fsp3) is 0.412. The van der Waals surface area contributed by atoms with Crippen molar-refractivity contribution < 1.29 is 14.3 Å². The number of aromatic nitrogens is 1. The van der Waals surface area contributed by atoms with Gasteiger partial charge in [0.15, 0.2) is 0 Å². The van der Waals surface area contributed by atoms with Crippen molar-refractivity contribution in [2.24, 2.45) is 0 Å². The number of hydrogen-bond donors (Lipinski definition) is 1. The van der Waals surface area contributed by atoms with Gasteiger partial charge in [-0.3, -0.25) is 9.78 Å². The average molecular weight is 315 g/mol. The van der Waals surface area contributed by atoms with Crippen molar-refractivity contribution >= 4 is 16.8 Å². The first-order valence-electron chi connectivity index (χ1n) is 7.68. The average Bonchev–Trinajstić information content (AvgIpc) is 2.62. The lowest BCUT2D eigenvalue weighted by atomic mass is 10.1. The Morgan fingerprint density at radius 1 is 1.48 bits per heavy atom. The van der Waals surface area contributed by atoms with E-state index in [2.05, 4.69) is 10.3 Å². The normalized spacial score (nSPS) is 17.9. The number of carbonyl (C=O) groups excluding carboxylic acids is 1. The molecule has 0 aliphatic carbocycles. The first-order valence-corrected chi connectivity index (χ1v) is 7.68. The number of nitrogens with zero attached hydrogens (tertiary/aromatic N) is 2. The predicted octanol–water partition coefficient (Wildman–Crippen LogP) is 1.19. The number of benzene rings is 1. The van der Waals surface area contributed by atoms with Gasteiger partial charge in [-0.05, 0) is 17.7 Å². The van der Waals surface area contributed by atoms with Gasteiger partial charge in [-0.2, -0.15) is 0 Å². The van der Waals surface area contributed by atoms with Gasteiger partial charge < -0.3 is 19.7 Å². The maximum absolute atomic E-state index is 12.5. The van der Waals surface area contributed by atoms with Crippen LogP contribution in [0.25, 0.3) is 10.9 Å². The van der Waals surface area contributed by atoms with Gasteiger partial charge in [-0.1, -0.05) is 12.1 Å². The molecule has 1 saturated heterocycles. The minimum Gasteiger partial charge on any atom is -0.494 e. The number of likely N-dealkylation sites (N-methyl/N-ethyl adjacent to an activating group) is 1. The van der Waals surface area contributed by atoms with Crippen LogP contribution >= 0.6 is 0 Å². The molecule has 0 spiro atoms. The van der Waals surface area contributed by atoms with E-state index in [1.54, 1.807) is 25.3 Å². The third-order valence-corrected chi connectivity index (χ3v) is 4.03. The number of rotatable bonds is 4. The molecule has 6 nitrogen and oxygen atoms in total. The molecule has 1 unspecified atom stereocenters. The number of amides is 1. The van der Waals surface area contributed by atoms with E-state index in [9.17, 15) is 4.79 Å². The van der Waals surface area contributed by atoms with Crippen LogP contribution in [0.5, 0.6) is 5.75 Å². The quantitative estimate of drug-likeness (QED) is 0.918. The smallest absolute Gasteiger partial charge is 0.253 e. The molecule has 1 amide bonds. The van der Waals surface area contributed by atoms with Gasteiger partial charge in [0, 0.05) is 38.3 Å². The second-order valence-electron chi connectivity index (χ2n) is 5.58. The molecule has 1 atom stereocenters. The number of pyridine rings is 1. The van der Waals surface area contributed by atoms with E-state index in [4.69, 9.17) is 9.47 Å². The summed E-state index contributed by atoms with van der Waals surface area (Å²) in [5.41, 5.74) is 1.84. The Labute approximate surface area is 135 Å². The summed E-state index contributed by atoms with van der Waals surface area (Å²) in [4.78, 5) is 18.6. The van der Waals surface area contributed by atoms with Crippen LogP contribution in [-0.2, 0) is 16.1 Å². The van der Waals surface area contributed by atoms with Crippen molar-refractivity contribution in [1.82, 2.24) is 15.2 Å². The fourth-order valence-electron chi connectivity index (χ4n) is 2.81. The van der Waals surface area contributed by atoms with Gasteiger partial charge in [-0.15, -0.1) is 0 Å². The summed E-state index contributed by atoms with van der Waals surface area (Å²) in [5.74, 6) is 0.725. The van der Waals surface area contributed by atoms with E-state index in [1.807, 2.05) is 24.3 Å². The Hall–Kier alpha value is -2.18. The number of carbonyl (C=O) groups is 1. The highest BCUT2D eigenvalue weighted by Crippen LogP contribution is 2.27. The van der Waals surface area contributed by atoms with E-state index in [0.717, 1.165) is 28.8 Å². The molecule has 1 aliphatic heterocycles. The van der Waals surface area contributed by atoms with E-state index in [-0.39, 0.29) is 5.91 Å². The summed E-state index contributed by atoms with van der Waals surface area (Å²) in [5, 5.41) is 4.17. The van der Waals surface area contributed by atoms with E-state index in [1.165, 1.54) is 0 Å². The molecule has 1 aromatic carbocycles. The van der Waals surface area contributed by atoms with Gasteiger partial charge in [0.05, 0.1) is 13.7 Å². The number of nitrogens with one attached hydrogen (secondary N) is 1. The molecule has 1 fully saturated rings. The monoisotopic (exact) mass is 315 g/mol. The highest BCUT2D eigenvalue weighted by atomic mass is 16.5. The lowest BCUT2D eigenvalue weighted by Gasteiger charge is -2.27. The fourth-order valence-corrected chi connectivity index (χ4v) is 2.81. The van der Waals surface area contributed by atoms with Gasteiger partial charge in [0.2, 0.25) is 0 Å². The Morgan fingerprint density at radius 2 is 2.35 bits per heavy atom. The Balaban J connectivity index is 1.82. The number of hydrogen-bond acceptors (Lipinski definition) is 5. The van der Waals surface area contributed by atoms with Crippen LogP contribution in [0.1, 0.15) is 5.56 Å². The summed E-state index contributed by atoms with van der Waals surface area (Å²) in [6, 6.07) is 7.76. The van der Waals surface area contributed by atoms with Gasteiger partial charge in [0.1, 0.15) is 17.4 Å². The minimum absolute atomic E-state index is 0.00921. The predicted molar refractivity (Wildman–Crippen MR) is 87.4 cm³/mol. The zero-order valence-corrected chi connectivity index (χ0v) is 13.4. The highest BCUT2D eigenvalue weighted by Gasteiger charge is 2.25. The van der Waals surface area contributed by atoms with Crippen LogP contribution < -0.4 is 10.1 Å². The van der Waals surface area contributed by atoms with Crippen LogP contribution in [0, 0.1) is 0 Å². The maximum Gasteiger partial charge on any atom is 0.253 e. The third-order valence-electron chi connectivity index (χ3n) is 4.03. The summed E-state index contributed by atoms with van der Waals surface area (Å²) in [6.07, 6.45) is 1.33. The van der Waals surface area contributed by atoms with Crippen molar-refractivity contribution in [2.75, 3.05) is 33.9 Å². The Morgan fingerprint density at radius 3 is 3.09 bits per heavy atom. The maximum atomic E-state index is 12.5. The molecule has 122 valence electrons. The van der Waals surface area contributed by atoms with Gasteiger partial charge in [0.25, 0.3) is 5.91 Å². The third kappa shape index (κ3) is 3.28. The van der Waals surface area contributed by atoms with Crippen molar-refractivity contribution in [2.45, 2.75) is 12.6 Å². The molecule has 2 aromatic rings. The first-order chi connectivity index (χ1) is 11.2. The molecule has 6 heteroatoms. The number of fused-ring (bicyclic) bond motifs is 1. The first kappa shape index (κ1) is 15.7. The molecule has 0 bridgehead atoms. The lowest BCUT2D eigenvalue weighted by Crippen LogP contribution is -2.48. The molecule has 2 heterocycles. The summed E-state index contributed by atoms with van der Waals surface area (Å²) >= 11 is 0. The van der Waals surface area contributed by atoms with E-state index in [0.29, 0.717) is 19.7 Å². The molecule has 0 radical (unpaired) electrons. The molecule has 0 saturated carbocycles. The second kappa shape index (κ2) is 6.93.